The first-order valence-corrected chi connectivity index (χ1v) is 6.19. The lowest BCUT2D eigenvalue weighted by atomic mass is 9.91. The zero-order chi connectivity index (χ0) is 13.3. The summed E-state index contributed by atoms with van der Waals surface area (Å²) in [6, 6.07) is 4.55. The zero-order valence-corrected chi connectivity index (χ0v) is 10.9. The summed E-state index contributed by atoms with van der Waals surface area (Å²) < 4.78 is 0. The number of aliphatic hydroxyl groups is 1. The number of hydrogen-bond donors (Lipinski definition) is 1. The number of halogens is 1. The van der Waals surface area contributed by atoms with Crippen LogP contribution in [0.25, 0.3) is 0 Å². The lowest BCUT2D eigenvalue weighted by Crippen LogP contribution is -2.60. The van der Waals surface area contributed by atoms with Gasteiger partial charge in [0.2, 0.25) is 0 Å². The summed E-state index contributed by atoms with van der Waals surface area (Å²) in [6.07, 6.45) is 0.696. The van der Waals surface area contributed by atoms with Gasteiger partial charge in [-0.1, -0.05) is 18.5 Å². The van der Waals surface area contributed by atoms with Gasteiger partial charge in [-0.05, 0) is 18.6 Å². The van der Waals surface area contributed by atoms with Crippen molar-refractivity contribution in [2.24, 2.45) is 0 Å². The van der Waals surface area contributed by atoms with Crippen LogP contribution in [0.1, 0.15) is 18.9 Å². The van der Waals surface area contributed by atoms with Crippen molar-refractivity contribution >= 4 is 17.3 Å². The van der Waals surface area contributed by atoms with Crippen molar-refractivity contribution in [1.82, 2.24) is 4.90 Å². The molecule has 0 radical (unpaired) electrons. The molecule has 98 valence electrons. The Balaban J connectivity index is 2.10. The molecule has 0 atom stereocenters. The minimum absolute atomic E-state index is 0.0753. The minimum atomic E-state index is -0.632. The molecular weight excluding hydrogens is 256 g/mol. The van der Waals surface area contributed by atoms with Gasteiger partial charge >= 0.3 is 0 Å². The van der Waals surface area contributed by atoms with E-state index in [1.54, 1.807) is 6.07 Å². The Morgan fingerprint density at radius 3 is 2.78 bits per heavy atom. The summed E-state index contributed by atoms with van der Waals surface area (Å²) in [7, 11) is 0. The summed E-state index contributed by atoms with van der Waals surface area (Å²) in [5.41, 5.74) is 0.0323. The van der Waals surface area contributed by atoms with Crippen molar-refractivity contribution in [1.29, 1.82) is 0 Å². The minimum Gasteiger partial charge on any atom is -0.387 e. The fourth-order valence-corrected chi connectivity index (χ4v) is 2.42. The molecule has 0 amide bonds. The van der Waals surface area contributed by atoms with Gasteiger partial charge in [0.15, 0.2) is 0 Å². The average Bonchev–Trinajstić information content (AvgIpc) is 2.26. The smallest absolute Gasteiger partial charge is 0.273 e. The number of benzene rings is 1. The standard InChI is InChI=1S/C12H15ClN2O3/c1-2-12(16)7-14(8-12)6-9-5-10(13)3-4-11(9)15(17)18/h3-5,16H,2,6-8H2,1H3. The van der Waals surface area contributed by atoms with E-state index in [0.717, 1.165) is 0 Å². The van der Waals surface area contributed by atoms with E-state index in [0.29, 0.717) is 36.6 Å². The van der Waals surface area contributed by atoms with Gasteiger partial charge in [0.25, 0.3) is 5.69 Å². The summed E-state index contributed by atoms with van der Waals surface area (Å²) in [4.78, 5) is 12.5. The molecule has 1 aliphatic heterocycles. The van der Waals surface area contributed by atoms with E-state index in [1.807, 2.05) is 11.8 Å². The van der Waals surface area contributed by atoms with E-state index in [9.17, 15) is 15.2 Å². The van der Waals surface area contributed by atoms with Crippen LogP contribution in [0.5, 0.6) is 0 Å². The second-order valence-electron chi connectivity index (χ2n) is 4.75. The van der Waals surface area contributed by atoms with Gasteiger partial charge < -0.3 is 5.11 Å². The molecule has 1 heterocycles. The fourth-order valence-electron chi connectivity index (χ4n) is 2.22. The molecular formula is C12H15ClN2O3. The molecule has 0 aliphatic carbocycles. The van der Waals surface area contributed by atoms with Crippen LogP contribution in [0.15, 0.2) is 18.2 Å². The average molecular weight is 271 g/mol. The predicted octanol–water partition coefficient (Wildman–Crippen LogP) is 2.20. The molecule has 1 aromatic rings. The van der Waals surface area contributed by atoms with Crippen LogP contribution in [-0.2, 0) is 6.54 Å². The van der Waals surface area contributed by atoms with Gasteiger partial charge in [-0.15, -0.1) is 0 Å². The van der Waals surface area contributed by atoms with Gasteiger partial charge in [-0.3, -0.25) is 15.0 Å². The number of hydrogen-bond acceptors (Lipinski definition) is 4. The molecule has 0 unspecified atom stereocenters. The highest BCUT2D eigenvalue weighted by Crippen LogP contribution is 2.29. The fraction of sp³-hybridized carbons (Fsp3) is 0.500. The number of nitrogens with zero attached hydrogens (tertiary/aromatic N) is 2. The number of likely N-dealkylation sites (tertiary alicyclic amines) is 1. The van der Waals surface area contributed by atoms with Crippen LogP contribution < -0.4 is 0 Å². The van der Waals surface area contributed by atoms with Crippen molar-refractivity contribution in [3.05, 3.63) is 38.9 Å². The Morgan fingerprint density at radius 2 is 2.22 bits per heavy atom. The molecule has 0 spiro atoms. The molecule has 1 N–H and O–H groups in total. The topological polar surface area (TPSA) is 66.6 Å². The van der Waals surface area contributed by atoms with E-state index in [2.05, 4.69) is 0 Å². The Morgan fingerprint density at radius 1 is 1.56 bits per heavy atom. The Bertz CT molecular complexity index is 472. The lowest BCUT2D eigenvalue weighted by Gasteiger charge is -2.46. The number of β-amino-alcohol motifs (C(OH)–C–C–N with tert-alkyl or cyclic N) is 1. The second kappa shape index (κ2) is 4.84. The van der Waals surface area contributed by atoms with E-state index in [4.69, 9.17) is 11.6 Å². The molecule has 18 heavy (non-hydrogen) atoms. The van der Waals surface area contributed by atoms with Crippen LogP contribution in [0.3, 0.4) is 0 Å². The van der Waals surface area contributed by atoms with Gasteiger partial charge in [-0.25, -0.2) is 0 Å². The first kappa shape index (κ1) is 13.3. The van der Waals surface area contributed by atoms with Gasteiger partial charge in [0.1, 0.15) is 0 Å². The maximum atomic E-state index is 10.9. The normalized spacial score (nSPS) is 18.4. The van der Waals surface area contributed by atoms with E-state index in [1.165, 1.54) is 12.1 Å². The molecule has 2 rings (SSSR count). The molecule has 1 aliphatic rings. The lowest BCUT2D eigenvalue weighted by molar-refractivity contribution is -0.385. The van der Waals surface area contributed by atoms with E-state index in [-0.39, 0.29) is 5.69 Å². The van der Waals surface area contributed by atoms with Crippen molar-refractivity contribution < 1.29 is 10.0 Å². The van der Waals surface area contributed by atoms with Crippen molar-refractivity contribution in [3.63, 3.8) is 0 Å². The molecule has 0 aromatic heterocycles. The summed E-state index contributed by atoms with van der Waals surface area (Å²) in [5, 5.41) is 21.3. The van der Waals surface area contributed by atoms with Crippen LogP contribution in [0.4, 0.5) is 5.69 Å². The molecule has 6 heteroatoms. The molecule has 0 saturated carbocycles. The molecule has 1 aromatic carbocycles. The second-order valence-corrected chi connectivity index (χ2v) is 5.19. The highest BCUT2D eigenvalue weighted by atomic mass is 35.5. The van der Waals surface area contributed by atoms with Crippen molar-refractivity contribution in [2.75, 3.05) is 13.1 Å². The van der Waals surface area contributed by atoms with Gasteiger partial charge in [0, 0.05) is 36.3 Å². The third kappa shape index (κ3) is 2.63. The summed E-state index contributed by atoms with van der Waals surface area (Å²) in [5.74, 6) is 0. The summed E-state index contributed by atoms with van der Waals surface area (Å²) in [6.45, 7) is 3.47. The first-order chi connectivity index (χ1) is 8.43. The largest absolute Gasteiger partial charge is 0.387 e. The van der Waals surface area contributed by atoms with Crippen LogP contribution >= 0.6 is 11.6 Å². The summed E-state index contributed by atoms with van der Waals surface area (Å²) >= 11 is 5.86. The molecule has 1 saturated heterocycles. The van der Waals surface area contributed by atoms with E-state index < -0.39 is 10.5 Å². The molecule has 5 nitrogen and oxygen atoms in total. The molecule has 1 fully saturated rings. The zero-order valence-electron chi connectivity index (χ0n) is 10.1. The SMILES string of the molecule is CCC1(O)CN(Cc2cc(Cl)ccc2[N+](=O)[O-])C1. The third-order valence-electron chi connectivity index (χ3n) is 3.33. The van der Waals surface area contributed by atoms with Gasteiger partial charge in [-0.2, -0.15) is 0 Å². The van der Waals surface area contributed by atoms with E-state index >= 15 is 0 Å². The Kier molecular flexibility index (Phi) is 3.56. The first-order valence-electron chi connectivity index (χ1n) is 5.81. The van der Waals surface area contributed by atoms with Crippen molar-refractivity contribution in [2.45, 2.75) is 25.5 Å². The Hall–Kier alpha value is -1.17. The maximum absolute atomic E-state index is 10.9. The monoisotopic (exact) mass is 270 g/mol. The Labute approximate surface area is 110 Å². The number of rotatable bonds is 4. The predicted molar refractivity (Wildman–Crippen MR) is 68.6 cm³/mol. The van der Waals surface area contributed by atoms with Gasteiger partial charge in [0.05, 0.1) is 10.5 Å². The van der Waals surface area contributed by atoms with Crippen molar-refractivity contribution in [3.8, 4) is 0 Å². The van der Waals surface area contributed by atoms with Crippen LogP contribution in [0.2, 0.25) is 5.02 Å². The van der Waals surface area contributed by atoms with Crippen LogP contribution in [0, 0.1) is 10.1 Å². The number of nitro groups is 1. The number of nitro benzene ring substituents is 1. The van der Waals surface area contributed by atoms with Crippen LogP contribution in [-0.4, -0.2) is 33.6 Å². The maximum Gasteiger partial charge on any atom is 0.273 e. The quantitative estimate of drug-likeness (QED) is 0.673. The molecule has 0 bridgehead atoms. The highest BCUT2D eigenvalue weighted by Gasteiger charge is 2.39. The third-order valence-corrected chi connectivity index (χ3v) is 3.56. The highest BCUT2D eigenvalue weighted by molar-refractivity contribution is 6.30.